The van der Waals surface area contributed by atoms with Crippen LogP contribution in [0.2, 0.25) is 5.02 Å². The van der Waals surface area contributed by atoms with E-state index in [1.165, 1.54) is 12.1 Å². The predicted molar refractivity (Wildman–Crippen MR) is 53.8 cm³/mol. The van der Waals surface area contributed by atoms with E-state index >= 15 is 0 Å². The second-order valence-electron chi connectivity index (χ2n) is 2.51. The highest BCUT2D eigenvalue weighted by molar-refractivity contribution is 6.30. The van der Waals surface area contributed by atoms with Gasteiger partial charge in [-0.3, -0.25) is 5.32 Å². The molecule has 1 rings (SSSR count). The van der Waals surface area contributed by atoms with Gasteiger partial charge in [0.1, 0.15) is 5.75 Å². The molecule has 1 aromatic carbocycles. The van der Waals surface area contributed by atoms with E-state index in [0.717, 1.165) is 0 Å². The van der Waals surface area contributed by atoms with Crippen molar-refractivity contribution in [1.82, 2.24) is 0 Å². The smallest absolute Gasteiger partial charge is 0.411 e. The van der Waals surface area contributed by atoms with Gasteiger partial charge in [0.05, 0.1) is 12.3 Å². The van der Waals surface area contributed by atoms with Gasteiger partial charge in [0.25, 0.3) is 0 Å². The summed E-state index contributed by atoms with van der Waals surface area (Å²) in [6, 6.07) is 4.39. The number of hydrogen-bond acceptors (Lipinski definition) is 3. The van der Waals surface area contributed by atoms with Crippen LogP contribution in [0.25, 0.3) is 0 Å². The van der Waals surface area contributed by atoms with Gasteiger partial charge >= 0.3 is 6.09 Å². The molecule has 0 saturated carbocycles. The van der Waals surface area contributed by atoms with Crippen LogP contribution in [0.15, 0.2) is 18.2 Å². The van der Waals surface area contributed by atoms with Crippen molar-refractivity contribution in [2.45, 2.75) is 6.92 Å². The number of phenols is 1. The van der Waals surface area contributed by atoms with Crippen molar-refractivity contribution in [1.29, 1.82) is 0 Å². The van der Waals surface area contributed by atoms with E-state index < -0.39 is 6.09 Å². The summed E-state index contributed by atoms with van der Waals surface area (Å²) in [6.07, 6.45) is -0.606. The van der Waals surface area contributed by atoms with Crippen molar-refractivity contribution in [2.75, 3.05) is 11.9 Å². The second-order valence-corrected chi connectivity index (χ2v) is 2.94. The molecule has 0 radical (unpaired) electrons. The van der Waals surface area contributed by atoms with Gasteiger partial charge in [-0.2, -0.15) is 0 Å². The highest BCUT2D eigenvalue weighted by Crippen LogP contribution is 2.26. The lowest BCUT2D eigenvalue weighted by molar-refractivity contribution is 0.168. The van der Waals surface area contributed by atoms with Crippen LogP contribution in [0.3, 0.4) is 0 Å². The molecule has 0 unspecified atom stereocenters. The van der Waals surface area contributed by atoms with Crippen molar-refractivity contribution in [3.63, 3.8) is 0 Å². The molecule has 1 aromatic rings. The third kappa shape index (κ3) is 2.81. The lowest BCUT2D eigenvalue weighted by Crippen LogP contribution is -2.13. The van der Waals surface area contributed by atoms with E-state index in [-0.39, 0.29) is 18.0 Å². The zero-order valence-corrected chi connectivity index (χ0v) is 8.34. The summed E-state index contributed by atoms with van der Waals surface area (Å²) in [7, 11) is 0. The molecule has 0 bridgehead atoms. The first-order valence-electron chi connectivity index (χ1n) is 4.05. The van der Waals surface area contributed by atoms with Crippen molar-refractivity contribution in [3.05, 3.63) is 23.2 Å². The Bertz CT molecular complexity index is 341. The molecule has 0 aliphatic heterocycles. The van der Waals surface area contributed by atoms with Crippen molar-refractivity contribution < 1.29 is 14.6 Å². The number of carbonyl (C=O) groups excluding carboxylic acids is 1. The molecule has 0 aliphatic carbocycles. The van der Waals surface area contributed by atoms with E-state index in [1.807, 2.05) is 0 Å². The quantitative estimate of drug-likeness (QED) is 0.746. The van der Waals surface area contributed by atoms with Gasteiger partial charge in [-0.1, -0.05) is 11.6 Å². The van der Waals surface area contributed by atoms with Gasteiger partial charge in [-0.15, -0.1) is 0 Å². The highest BCUT2D eigenvalue weighted by atomic mass is 35.5. The number of ether oxygens (including phenoxy) is 1. The molecule has 0 fully saturated rings. The molecule has 0 heterocycles. The zero-order chi connectivity index (χ0) is 10.6. The average Bonchev–Trinajstić information content (AvgIpc) is 2.10. The Morgan fingerprint density at radius 1 is 1.64 bits per heavy atom. The Hall–Kier alpha value is -1.42. The number of amides is 1. The number of phenolic OH excluding ortho intramolecular Hbond substituents is 1. The number of carbonyl (C=O) groups is 1. The monoisotopic (exact) mass is 215 g/mol. The molecular weight excluding hydrogens is 206 g/mol. The summed E-state index contributed by atoms with van der Waals surface area (Å²) in [6.45, 7) is 1.97. The SMILES string of the molecule is CCOC(=O)Nc1ccc(Cl)cc1O. The first-order valence-corrected chi connectivity index (χ1v) is 4.43. The standard InChI is InChI=1S/C9H10ClNO3/c1-2-14-9(13)11-7-4-3-6(10)5-8(7)12/h3-5,12H,2H2,1H3,(H,11,13). The molecule has 0 spiro atoms. The average molecular weight is 216 g/mol. The third-order valence-electron chi connectivity index (χ3n) is 1.47. The molecule has 14 heavy (non-hydrogen) atoms. The minimum Gasteiger partial charge on any atom is -0.506 e. The molecule has 76 valence electrons. The van der Waals surface area contributed by atoms with Gasteiger partial charge in [-0.25, -0.2) is 4.79 Å². The van der Waals surface area contributed by atoms with E-state index in [0.29, 0.717) is 5.02 Å². The first kappa shape index (κ1) is 10.7. The molecule has 0 atom stereocenters. The Morgan fingerprint density at radius 2 is 2.36 bits per heavy atom. The maximum Gasteiger partial charge on any atom is 0.411 e. The fourth-order valence-corrected chi connectivity index (χ4v) is 1.05. The lowest BCUT2D eigenvalue weighted by Gasteiger charge is -2.06. The molecule has 0 aliphatic rings. The van der Waals surface area contributed by atoms with Gasteiger partial charge in [0.15, 0.2) is 0 Å². The number of rotatable bonds is 2. The van der Waals surface area contributed by atoms with Crippen molar-refractivity contribution in [3.8, 4) is 5.75 Å². The van der Waals surface area contributed by atoms with Crippen molar-refractivity contribution >= 4 is 23.4 Å². The van der Waals surface area contributed by atoms with Crippen LogP contribution in [0.5, 0.6) is 5.75 Å². The lowest BCUT2D eigenvalue weighted by atomic mass is 10.3. The second kappa shape index (κ2) is 4.72. The van der Waals surface area contributed by atoms with Crippen LogP contribution < -0.4 is 5.32 Å². The summed E-state index contributed by atoms with van der Waals surface area (Å²) in [5, 5.41) is 12.1. The molecular formula is C9H10ClNO3. The van der Waals surface area contributed by atoms with Crippen LogP contribution in [-0.2, 0) is 4.74 Å². The first-order chi connectivity index (χ1) is 6.63. The van der Waals surface area contributed by atoms with E-state index in [1.54, 1.807) is 13.0 Å². The Kier molecular flexibility index (Phi) is 3.59. The summed E-state index contributed by atoms with van der Waals surface area (Å²) in [5.74, 6) is -0.0921. The molecule has 1 amide bonds. The Morgan fingerprint density at radius 3 is 2.93 bits per heavy atom. The minimum atomic E-state index is -0.606. The number of halogens is 1. The predicted octanol–water partition coefficient (Wildman–Crippen LogP) is 2.61. The number of aromatic hydroxyl groups is 1. The van der Waals surface area contributed by atoms with Gasteiger partial charge in [0, 0.05) is 11.1 Å². The fraction of sp³-hybridized carbons (Fsp3) is 0.222. The zero-order valence-electron chi connectivity index (χ0n) is 7.58. The Labute approximate surface area is 86.4 Å². The largest absolute Gasteiger partial charge is 0.506 e. The third-order valence-corrected chi connectivity index (χ3v) is 1.71. The number of benzene rings is 1. The molecule has 4 nitrogen and oxygen atoms in total. The van der Waals surface area contributed by atoms with Gasteiger partial charge in [-0.05, 0) is 19.1 Å². The van der Waals surface area contributed by atoms with Crippen LogP contribution >= 0.6 is 11.6 Å². The highest BCUT2D eigenvalue weighted by Gasteiger charge is 2.06. The van der Waals surface area contributed by atoms with Gasteiger partial charge in [0.2, 0.25) is 0 Å². The summed E-state index contributed by atoms with van der Waals surface area (Å²) in [4.78, 5) is 11.0. The minimum absolute atomic E-state index is 0.0921. The molecule has 5 heteroatoms. The summed E-state index contributed by atoms with van der Waals surface area (Å²) in [5.41, 5.74) is 0.271. The molecule has 0 aromatic heterocycles. The number of nitrogens with one attached hydrogen (secondary N) is 1. The topological polar surface area (TPSA) is 58.6 Å². The maximum atomic E-state index is 11.0. The van der Waals surface area contributed by atoms with Crippen LogP contribution in [-0.4, -0.2) is 17.8 Å². The maximum absolute atomic E-state index is 11.0. The van der Waals surface area contributed by atoms with E-state index in [4.69, 9.17) is 11.6 Å². The molecule has 0 saturated heterocycles. The fourth-order valence-electron chi connectivity index (χ4n) is 0.888. The van der Waals surface area contributed by atoms with E-state index in [9.17, 15) is 9.90 Å². The van der Waals surface area contributed by atoms with Crippen LogP contribution in [0, 0.1) is 0 Å². The number of hydrogen-bond donors (Lipinski definition) is 2. The van der Waals surface area contributed by atoms with Gasteiger partial charge < -0.3 is 9.84 Å². The normalized spacial score (nSPS) is 9.57. The number of anilines is 1. The van der Waals surface area contributed by atoms with Crippen LogP contribution in [0.1, 0.15) is 6.92 Å². The Balaban J connectivity index is 2.72. The summed E-state index contributed by atoms with van der Waals surface area (Å²) >= 11 is 5.61. The van der Waals surface area contributed by atoms with Crippen LogP contribution in [0.4, 0.5) is 10.5 Å². The summed E-state index contributed by atoms with van der Waals surface area (Å²) < 4.78 is 4.64. The molecule has 2 N–H and O–H groups in total. The van der Waals surface area contributed by atoms with E-state index in [2.05, 4.69) is 10.1 Å². The van der Waals surface area contributed by atoms with Crippen molar-refractivity contribution in [2.24, 2.45) is 0 Å².